The molecule has 0 aliphatic heterocycles. The van der Waals surface area contributed by atoms with E-state index in [1.165, 1.54) is 41.4 Å². The van der Waals surface area contributed by atoms with Crippen molar-refractivity contribution in [1.82, 2.24) is 9.13 Å². The first-order valence-electron chi connectivity index (χ1n) is 8.65. The fourth-order valence-electron chi connectivity index (χ4n) is 2.91. The molecule has 1 amide bonds. The number of non-ortho nitro benzene ring substituents is 1. The molecule has 160 valence electrons. The summed E-state index contributed by atoms with van der Waals surface area (Å²) in [6.45, 7) is -0.751. The first kappa shape index (κ1) is 21.2. The van der Waals surface area contributed by atoms with E-state index in [-0.39, 0.29) is 16.9 Å². The number of imidazole rings is 1. The molecule has 0 radical (unpaired) electrons. The first-order valence-corrected chi connectivity index (χ1v) is 8.65. The third-order valence-electron chi connectivity index (χ3n) is 4.51. The van der Waals surface area contributed by atoms with Crippen molar-refractivity contribution in [2.75, 3.05) is 11.9 Å². The number of aryl methyl sites for hydroxylation is 2. The molecule has 0 saturated heterocycles. The van der Waals surface area contributed by atoms with Gasteiger partial charge in [0, 0.05) is 32.3 Å². The molecule has 0 aliphatic carbocycles. The highest BCUT2D eigenvalue weighted by Crippen LogP contribution is 2.29. The van der Waals surface area contributed by atoms with E-state index in [1.807, 2.05) is 0 Å². The number of amides is 1. The van der Waals surface area contributed by atoms with Crippen LogP contribution in [0.15, 0.2) is 41.2 Å². The predicted octanol–water partition coefficient (Wildman–Crippen LogP) is 1.49. The van der Waals surface area contributed by atoms with Gasteiger partial charge < -0.3 is 10.1 Å². The van der Waals surface area contributed by atoms with Crippen LogP contribution >= 0.6 is 0 Å². The van der Waals surface area contributed by atoms with Gasteiger partial charge in [0.2, 0.25) is 0 Å². The van der Waals surface area contributed by atoms with Crippen molar-refractivity contribution < 1.29 is 24.2 Å². The molecule has 13 heteroatoms. The number of nitro groups is 2. The standard InChI is InChI=1S/C18H15N5O8/c1-20-14-7-12(13(23(29)30)8-15(14)21(2)18(20)26)19-16(24)9-31-17(25)10-3-5-11(6-4-10)22(27)28/h3-8H,9H2,1-2H3,(H,19,24). The summed E-state index contributed by atoms with van der Waals surface area (Å²) in [6.07, 6.45) is 0. The van der Waals surface area contributed by atoms with E-state index >= 15 is 0 Å². The lowest BCUT2D eigenvalue weighted by atomic mass is 10.2. The average molecular weight is 429 g/mol. The average Bonchev–Trinajstić information content (AvgIpc) is 2.95. The number of nitrogens with one attached hydrogen (secondary N) is 1. The molecule has 1 N–H and O–H groups in total. The number of ether oxygens (including phenoxy) is 1. The normalized spacial score (nSPS) is 10.6. The topological polar surface area (TPSA) is 169 Å². The van der Waals surface area contributed by atoms with Crippen LogP contribution in [-0.4, -0.2) is 37.5 Å². The zero-order valence-corrected chi connectivity index (χ0v) is 16.2. The third kappa shape index (κ3) is 4.10. The number of carbonyl (C=O) groups is 2. The van der Waals surface area contributed by atoms with Crippen molar-refractivity contribution in [3.63, 3.8) is 0 Å². The van der Waals surface area contributed by atoms with Crippen molar-refractivity contribution in [3.05, 3.63) is 72.7 Å². The fraction of sp³-hybridized carbons (Fsp3) is 0.167. The Morgan fingerprint density at radius 2 is 1.58 bits per heavy atom. The number of anilines is 1. The minimum atomic E-state index is -0.902. The summed E-state index contributed by atoms with van der Waals surface area (Å²) in [5.41, 5.74) is -0.570. The summed E-state index contributed by atoms with van der Waals surface area (Å²) in [5, 5.41) is 24.3. The molecule has 0 atom stereocenters. The van der Waals surface area contributed by atoms with Crippen molar-refractivity contribution >= 4 is 40.0 Å². The number of esters is 1. The molecule has 3 rings (SSSR count). The van der Waals surface area contributed by atoms with Gasteiger partial charge in [0.05, 0.1) is 26.4 Å². The minimum absolute atomic E-state index is 0.00918. The third-order valence-corrected chi connectivity index (χ3v) is 4.51. The number of aromatic nitrogens is 2. The summed E-state index contributed by atoms with van der Waals surface area (Å²) in [5.74, 6) is -1.75. The number of nitrogens with zero attached hydrogens (tertiary/aromatic N) is 4. The number of benzene rings is 2. The number of rotatable bonds is 6. The lowest BCUT2D eigenvalue weighted by molar-refractivity contribution is -0.384. The van der Waals surface area contributed by atoms with Gasteiger partial charge in [-0.1, -0.05) is 0 Å². The highest BCUT2D eigenvalue weighted by atomic mass is 16.6. The van der Waals surface area contributed by atoms with Crippen LogP contribution in [0.25, 0.3) is 11.0 Å². The van der Waals surface area contributed by atoms with Gasteiger partial charge in [-0.15, -0.1) is 0 Å². The second-order valence-electron chi connectivity index (χ2n) is 6.44. The van der Waals surface area contributed by atoms with Gasteiger partial charge in [-0.2, -0.15) is 0 Å². The number of nitro benzene ring substituents is 2. The molecule has 0 fully saturated rings. The zero-order chi connectivity index (χ0) is 22.9. The Balaban J connectivity index is 1.76. The number of fused-ring (bicyclic) bond motifs is 1. The molecule has 0 bridgehead atoms. The van der Waals surface area contributed by atoms with Crippen LogP contribution < -0.4 is 11.0 Å². The van der Waals surface area contributed by atoms with Crippen LogP contribution in [0.5, 0.6) is 0 Å². The van der Waals surface area contributed by atoms with Crippen LogP contribution in [0, 0.1) is 20.2 Å². The van der Waals surface area contributed by atoms with Crippen molar-refractivity contribution in [1.29, 1.82) is 0 Å². The number of hydrogen-bond acceptors (Lipinski definition) is 8. The SMILES string of the molecule is Cn1c(=O)n(C)c2cc([N+](=O)[O-])c(NC(=O)COC(=O)c3ccc([N+](=O)[O-])cc3)cc21. The van der Waals surface area contributed by atoms with Crippen LogP contribution in [-0.2, 0) is 23.6 Å². The van der Waals surface area contributed by atoms with Crippen molar-refractivity contribution in [2.24, 2.45) is 14.1 Å². The molecule has 13 nitrogen and oxygen atoms in total. The summed E-state index contributed by atoms with van der Waals surface area (Å²) in [4.78, 5) is 56.9. The maximum atomic E-state index is 12.2. The highest BCUT2D eigenvalue weighted by molar-refractivity contribution is 5.99. The van der Waals surface area contributed by atoms with Crippen LogP contribution in [0.1, 0.15) is 10.4 Å². The summed E-state index contributed by atoms with van der Waals surface area (Å²) < 4.78 is 7.35. The van der Waals surface area contributed by atoms with Gasteiger partial charge in [-0.05, 0) is 18.2 Å². The Morgan fingerprint density at radius 1 is 1.00 bits per heavy atom. The first-order chi connectivity index (χ1) is 14.6. The molecule has 3 aromatic rings. The summed E-state index contributed by atoms with van der Waals surface area (Å²) in [6, 6.07) is 7.01. The number of carbonyl (C=O) groups excluding carboxylic acids is 2. The largest absolute Gasteiger partial charge is 0.452 e. The molecule has 2 aromatic carbocycles. The second-order valence-corrected chi connectivity index (χ2v) is 6.44. The van der Waals surface area contributed by atoms with E-state index in [4.69, 9.17) is 4.74 Å². The Morgan fingerprint density at radius 3 is 2.13 bits per heavy atom. The summed E-state index contributed by atoms with van der Waals surface area (Å²) in [7, 11) is 2.94. The van der Waals surface area contributed by atoms with Crippen molar-refractivity contribution in [3.8, 4) is 0 Å². The molecule has 0 saturated carbocycles. The van der Waals surface area contributed by atoms with Gasteiger partial charge in [-0.25, -0.2) is 9.59 Å². The van der Waals surface area contributed by atoms with E-state index < -0.39 is 39.7 Å². The quantitative estimate of drug-likeness (QED) is 0.349. The maximum Gasteiger partial charge on any atom is 0.338 e. The van der Waals surface area contributed by atoms with Crippen LogP contribution in [0.2, 0.25) is 0 Å². The maximum absolute atomic E-state index is 12.2. The lowest BCUT2D eigenvalue weighted by Gasteiger charge is -2.08. The van der Waals surface area contributed by atoms with Gasteiger partial charge >= 0.3 is 11.7 Å². The van der Waals surface area contributed by atoms with Gasteiger partial charge in [0.25, 0.3) is 17.3 Å². The zero-order valence-electron chi connectivity index (χ0n) is 16.2. The molecule has 0 aliphatic rings. The van der Waals surface area contributed by atoms with E-state index in [0.29, 0.717) is 11.0 Å². The van der Waals surface area contributed by atoms with Crippen LogP contribution in [0.4, 0.5) is 17.1 Å². The Bertz CT molecular complexity index is 1290. The molecule has 1 heterocycles. The highest BCUT2D eigenvalue weighted by Gasteiger charge is 2.21. The van der Waals surface area contributed by atoms with Gasteiger partial charge in [0.1, 0.15) is 5.69 Å². The van der Waals surface area contributed by atoms with Gasteiger partial charge in [-0.3, -0.25) is 34.2 Å². The predicted molar refractivity (Wildman–Crippen MR) is 107 cm³/mol. The summed E-state index contributed by atoms with van der Waals surface area (Å²) >= 11 is 0. The van der Waals surface area contributed by atoms with E-state index in [9.17, 15) is 34.6 Å². The molecule has 0 spiro atoms. The molecule has 1 aromatic heterocycles. The Hall–Kier alpha value is -4.55. The Kier molecular flexibility index (Phi) is 5.50. The Labute approximate surface area is 172 Å². The van der Waals surface area contributed by atoms with E-state index in [0.717, 1.165) is 18.2 Å². The van der Waals surface area contributed by atoms with Crippen LogP contribution in [0.3, 0.4) is 0 Å². The lowest BCUT2D eigenvalue weighted by Crippen LogP contribution is -2.21. The molecular weight excluding hydrogens is 414 g/mol. The minimum Gasteiger partial charge on any atom is -0.452 e. The van der Waals surface area contributed by atoms with E-state index in [1.54, 1.807) is 0 Å². The number of hydrogen-bond donors (Lipinski definition) is 1. The van der Waals surface area contributed by atoms with E-state index in [2.05, 4.69) is 5.32 Å². The van der Waals surface area contributed by atoms with Gasteiger partial charge in [0.15, 0.2) is 6.61 Å². The molecular formula is C18H15N5O8. The fourth-order valence-corrected chi connectivity index (χ4v) is 2.91. The second kappa shape index (κ2) is 8.06. The molecule has 0 unspecified atom stereocenters. The monoisotopic (exact) mass is 429 g/mol. The smallest absolute Gasteiger partial charge is 0.338 e. The molecule has 31 heavy (non-hydrogen) atoms. The van der Waals surface area contributed by atoms with Crippen molar-refractivity contribution in [2.45, 2.75) is 0 Å².